The monoisotopic (exact) mass is 304 g/mol. The Morgan fingerprint density at radius 3 is 2.43 bits per heavy atom. The van der Waals surface area contributed by atoms with E-state index in [0.717, 1.165) is 12.0 Å². The average Bonchev–Trinajstić information content (AvgIpc) is 2.44. The highest BCUT2D eigenvalue weighted by molar-refractivity contribution is 7.80. The molecule has 0 aromatic heterocycles. The minimum absolute atomic E-state index is 0.104. The van der Waals surface area contributed by atoms with Crippen LogP contribution in [0, 0.1) is 5.92 Å². The van der Waals surface area contributed by atoms with Crippen molar-refractivity contribution >= 4 is 23.2 Å². The molecule has 0 aliphatic carbocycles. The molecular weight excluding hydrogens is 280 g/mol. The molecule has 0 bridgehead atoms. The summed E-state index contributed by atoms with van der Waals surface area (Å²) >= 11 is 5.04. The van der Waals surface area contributed by atoms with Crippen LogP contribution in [0.25, 0.3) is 0 Å². The Kier molecular flexibility index (Phi) is 7.09. The molecule has 1 rings (SSSR count). The maximum Gasteiger partial charge on any atom is 0.233 e. The highest BCUT2D eigenvalue weighted by Crippen LogP contribution is 2.17. The zero-order valence-corrected chi connectivity index (χ0v) is 13.8. The van der Waals surface area contributed by atoms with Crippen LogP contribution in [-0.2, 0) is 11.2 Å². The molecule has 114 valence electrons. The Bertz CT molecular complexity index is 494. The first-order valence-electron chi connectivity index (χ1n) is 7.22. The second kappa shape index (κ2) is 8.57. The molecule has 3 nitrogen and oxygen atoms in total. The topological polar surface area (TPSA) is 41.1 Å². The quantitative estimate of drug-likeness (QED) is 0.626. The number of hydrogen-bond donors (Lipinski definition) is 2. The number of carbonyl (C=O) groups is 1. The molecule has 0 saturated heterocycles. The standard InChI is InChI=1S/C17H24N2OS/c1-5-10-18-17(21)19-16(20)13(4)15-8-6-14(7-9-15)11-12(2)3/h5-9,12-13H,1,10-11H2,2-4H3,(H2,18,19,20,21). The highest BCUT2D eigenvalue weighted by atomic mass is 32.1. The average molecular weight is 304 g/mol. The van der Waals surface area contributed by atoms with E-state index in [2.05, 4.69) is 43.2 Å². The Labute approximate surface area is 132 Å². The minimum Gasteiger partial charge on any atom is -0.359 e. The fourth-order valence-electron chi connectivity index (χ4n) is 1.99. The molecule has 4 heteroatoms. The van der Waals surface area contributed by atoms with Crippen LogP contribution in [0.15, 0.2) is 36.9 Å². The summed E-state index contributed by atoms with van der Waals surface area (Å²) in [4.78, 5) is 12.1. The van der Waals surface area contributed by atoms with Gasteiger partial charge in [0.25, 0.3) is 0 Å². The van der Waals surface area contributed by atoms with Crippen LogP contribution < -0.4 is 10.6 Å². The molecule has 0 radical (unpaired) electrons. The van der Waals surface area contributed by atoms with Crippen LogP contribution in [0.2, 0.25) is 0 Å². The van der Waals surface area contributed by atoms with Crippen LogP contribution in [0.1, 0.15) is 37.8 Å². The lowest BCUT2D eigenvalue weighted by Crippen LogP contribution is -2.41. The summed E-state index contributed by atoms with van der Waals surface area (Å²) in [5.41, 5.74) is 2.29. The van der Waals surface area contributed by atoms with Crippen molar-refractivity contribution < 1.29 is 4.79 Å². The lowest BCUT2D eigenvalue weighted by Gasteiger charge is -2.14. The molecule has 21 heavy (non-hydrogen) atoms. The van der Waals surface area contributed by atoms with Gasteiger partial charge in [0.15, 0.2) is 5.11 Å². The van der Waals surface area contributed by atoms with Gasteiger partial charge in [-0.1, -0.05) is 44.2 Å². The summed E-state index contributed by atoms with van der Waals surface area (Å²) in [5, 5.41) is 5.91. The van der Waals surface area contributed by atoms with Gasteiger partial charge < -0.3 is 10.6 Å². The van der Waals surface area contributed by atoms with Gasteiger partial charge in [-0.25, -0.2) is 0 Å². The fraction of sp³-hybridized carbons (Fsp3) is 0.412. The zero-order valence-electron chi connectivity index (χ0n) is 13.0. The van der Waals surface area contributed by atoms with Gasteiger partial charge in [-0.3, -0.25) is 4.79 Å². The molecule has 0 fully saturated rings. The molecular formula is C17H24N2OS. The van der Waals surface area contributed by atoms with Crippen LogP contribution in [0.3, 0.4) is 0 Å². The first kappa shape index (κ1) is 17.4. The maximum absolute atomic E-state index is 12.1. The number of rotatable bonds is 6. The van der Waals surface area contributed by atoms with Gasteiger partial charge in [-0.2, -0.15) is 0 Å². The summed E-state index contributed by atoms with van der Waals surface area (Å²) in [7, 11) is 0. The summed E-state index contributed by atoms with van der Waals surface area (Å²) in [5.74, 6) is 0.291. The predicted molar refractivity (Wildman–Crippen MR) is 92.3 cm³/mol. The lowest BCUT2D eigenvalue weighted by molar-refractivity contribution is -0.120. The molecule has 0 aliphatic heterocycles. The third-order valence-electron chi connectivity index (χ3n) is 3.16. The Hall–Kier alpha value is -1.68. The van der Waals surface area contributed by atoms with Gasteiger partial charge in [0, 0.05) is 6.54 Å². The number of hydrogen-bond acceptors (Lipinski definition) is 2. The number of benzene rings is 1. The third-order valence-corrected chi connectivity index (χ3v) is 3.41. The van der Waals surface area contributed by atoms with Gasteiger partial charge in [0.1, 0.15) is 0 Å². The van der Waals surface area contributed by atoms with E-state index in [0.29, 0.717) is 17.6 Å². The molecule has 0 saturated carbocycles. The van der Waals surface area contributed by atoms with Crippen molar-refractivity contribution in [1.82, 2.24) is 10.6 Å². The van der Waals surface area contributed by atoms with Crippen LogP contribution in [-0.4, -0.2) is 17.6 Å². The fourth-order valence-corrected chi connectivity index (χ4v) is 2.18. The third kappa shape index (κ3) is 6.08. The normalized spacial score (nSPS) is 11.8. The predicted octanol–water partition coefficient (Wildman–Crippen LogP) is 3.17. The molecule has 0 heterocycles. The van der Waals surface area contributed by atoms with Gasteiger partial charge in [-0.15, -0.1) is 6.58 Å². The van der Waals surface area contributed by atoms with Crippen molar-refractivity contribution in [3.05, 3.63) is 48.0 Å². The Morgan fingerprint density at radius 1 is 1.29 bits per heavy atom. The Morgan fingerprint density at radius 2 is 1.90 bits per heavy atom. The molecule has 0 spiro atoms. The number of thiocarbonyl (C=S) groups is 1. The van der Waals surface area contributed by atoms with E-state index in [9.17, 15) is 4.79 Å². The van der Waals surface area contributed by atoms with Crippen molar-refractivity contribution in [3.8, 4) is 0 Å². The zero-order chi connectivity index (χ0) is 15.8. The second-order valence-electron chi connectivity index (χ2n) is 5.55. The summed E-state index contributed by atoms with van der Waals surface area (Å²) in [6.45, 7) is 10.4. The van der Waals surface area contributed by atoms with Gasteiger partial charge in [0.2, 0.25) is 5.91 Å². The molecule has 0 aliphatic rings. The lowest BCUT2D eigenvalue weighted by atomic mass is 9.96. The van der Waals surface area contributed by atoms with Crippen molar-refractivity contribution in [3.63, 3.8) is 0 Å². The van der Waals surface area contributed by atoms with Crippen LogP contribution in [0.4, 0.5) is 0 Å². The van der Waals surface area contributed by atoms with Crippen molar-refractivity contribution in [2.75, 3.05) is 6.54 Å². The molecule has 1 atom stereocenters. The first-order valence-corrected chi connectivity index (χ1v) is 7.63. The van der Waals surface area contributed by atoms with Gasteiger partial charge in [-0.05, 0) is 42.6 Å². The van der Waals surface area contributed by atoms with E-state index in [1.165, 1.54) is 5.56 Å². The van der Waals surface area contributed by atoms with Gasteiger partial charge in [0.05, 0.1) is 5.92 Å². The van der Waals surface area contributed by atoms with E-state index in [1.807, 2.05) is 19.1 Å². The number of nitrogens with one attached hydrogen (secondary N) is 2. The van der Waals surface area contributed by atoms with E-state index >= 15 is 0 Å². The van der Waals surface area contributed by atoms with E-state index in [-0.39, 0.29) is 11.8 Å². The summed E-state index contributed by atoms with van der Waals surface area (Å²) in [6.07, 6.45) is 2.74. The second-order valence-corrected chi connectivity index (χ2v) is 5.96. The largest absolute Gasteiger partial charge is 0.359 e. The summed E-state index contributed by atoms with van der Waals surface area (Å²) < 4.78 is 0. The van der Waals surface area contributed by atoms with Crippen LogP contribution >= 0.6 is 12.2 Å². The van der Waals surface area contributed by atoms with Crippen molar-refractivity contribution in [1.29, 1.82) is 0 Å². The van der Waals surface area contributed by atoms with E-state index in [1.54, 1.807) is 6.08 Å². The van der Waals surface area contributed by atoms with Crippen LogP contribution in [0.5, 0.6) is 0 Å². The molecule has 1 aromatic rings. The SMILES string of the molecule is C=CCNC(=S)NC(=O)C(C)c1ccc(CC(C)C)cc1. The smallest absolute Gasteiger partial charge is 0.233 e. The molecule has 1 amide bonds. The summed E-state index contributed by atoms with van der Waals surface area (Å²) in [6, 6.07) is 8.21. The van der Waals surface area contributed by atoms with Gasteiger partial charge >= 0.3 is 0 Å². The number of carbonyl (C=O) groups excluding carboxylic acids is 1. The minimum atomic E-state index is -0.235. The van der Waals surface area contributed by atoms with Crippen molar-refractivity contribution in [2.24, 2.45) is 5.92 Å². The van der Waals surface area contributed by atoms with E-state index in [4.69, 9.17) is 12.2 Å². The molecule has 1 aromatic carbocycles. The molecule has 2 N–H and O–H groups in total. The molecule has 1 unspecified atom stereocenters. The first-order chi connectivity index (χ1) is 9.93. The van der Waals surface area contributed by atoms with Crippen molar-refractivity contribution in [2.45, 2.75) is 33.1 Å². The number of amides is 1. The Balaban J connectivity index is 2.61. The maximum atomic E-state index is 12.1. The van der Waals surface area contributed by atoms with E-state index < -0.39 is 0 Å². The highest BCUT2D eigenvalue weighted by Gasteiger charge is 2.16.